The molecule has 0 spiro atoms. The molecular formula is C17H18O5. The summed E-state index contributed by atoms with van der Waals surface area (Å²) in [5.74, 6) is -2.24. The lowest BCUT2D eigenvalue weighted by Crippen LogP contribution is -2.40. The molecule has 4 aliphatic rings. The Bertz CT molecular complexity index is 646. The van der Waals surface area contributed by atoms with Gasteiger partial charge >= 0.3 is 5.97 Å². The second-order valence-electron chi connectivity index (χ2n) is 7.08. The first-order valence-electron chi connectivity index (χ1n) is 7.85. The van der Waals surface area contributed by atoms with Crippen molar-refractivity contribution in [3.63, 3.8) is 0 Å². The van der Waals surface area contributed by atoms with E-state index in [1.165, 1.54) is 0 Å². The third kappa shape index (κ3) is 1.42. The zero-order valence-corrected chi connectivity index (χ0v) is 12.3. The highest BCUT2D eigenvalue weighted by Crippen LogP contribution is 2.68. The number of rotatable bonds is 2. The van der Waals surface area contributed by atoms with Crippen LogP contribution in [-0.2, 0) is 25.4 Å². The molecule has 1 aromatic carbocycles. The number of hydrogen-bond donors (Lipinski definition) is 1. The molecule has 5 heteroatoms. The molecule has 1 N–H and O–H groups in total. The molecule has 1 aromatic rings. The first-order chi connectivity index (χ1) is 10.5. The third-order valence-electron chi connectivity index (χ3n) is 5.89. The van der Waals surface area contributed by atoms with Crippen molar-refractivity contribution in [2.45, 2.75) is 37.6 Å². The number of ether oxygens (including phenoxy) is 3. The number of aliphatic hydroxyl groups is 1. The van der Waals surface area contributed by atoms with E-state index >= 15 is 0 Å². The lowest BCUT2D eigenvalue weighted by molar-refractivity contribution is -0.319. The summed E-state index contributed by atoms with van der Waals surface area (Å²) in [4.78, 5) is 12.3. The van der Waals surface area contributed by atoms with E-state index in [2.05, 4.69) is 0 Å². The van der Waals surface area contributed by atoms with E-state index in [9.17, 15) is 9.90 Å². The van der Waals surface area contributed by atoms with E-state index in [-0.39, 0.29) is 29.6 Å². The topological polar surface area (TPSA) is 65.0 Å². The molecule has 5 nitrogen and oxygen atoms in total. The molecule has 5 rings (SSSR count). The van der Waals surface area contributed by atoms with Crippen molar-refractivity contribution in [3.05, 3.63) is 35.9 Å². The summed E-state index contributed by atoms with van der Waals surface area (Å²) in [6.45, 7) is 1.86. The number of aliphatic hydroxyl groups excluding tert-OH is 1. The Hall–Kier alpha value is -1.43. The van der Waals surface area contributed by atoms with Crippen molar-refractivity contribution in [2.24, 2.45) is 23.7 Å². The maximum Gasteiger partial charge on any atom is 0.312 e. The Morgan fingerprint density at radius 1 is 1.27 bits per heavy atom. The Labute approximate surface area is 128 Å². The molecule has 1 aliphatic carbocycles. The number of carbonyl (C=O) groups is 1. The van der Waals surface area contributed by atoms with E-state index in [1.807, 2.05) is 37.3 Å². The average molecular weight is 302 g/mol. The average Bonchev–Trinajstić information content (AvgIpc) is 3.10. The van der Waals surface area contributed by atoms with Gasteiger partial charge in [0.25, 0.3) is 0 Å². The minimum absolute atomic E-state index is 0.0164. The molecular weight excluding hydrogens is 284 g/mol. The summed E-state index contributed by atoms with van der Waals surface area (Å²) in [6, 6.07) is 9.92. The Kier molecular flexibility index (Phi) is 2.32. The van der Waals surface area contributed by atoms with Gasteiger partial charge in [0, 0.05) is 24.2 Å². The smallest absolute Gasteiger partial charge is 0.312 e. The van der Waals surface area contributed by atoms with Gasteiger partial charge in [0.05, 0.1) is 5.92 Å². The summed E-state index contributed by atoms with van der Waals surface area (Å²) >= 11 is 0. The maximum atomic E-state index is 12.3. The molecule has 3 aliphatic heterocycles. The van der Waals surface area contributed by atoms with Crippen LogP contribution < -0.4 is 0 Å². The number of benzene rings is 1. The Balaban J connectivity index is 1.58. The van der Waals surface area contributed by atoms with Gasteiger partial charge in [-0.3, -0.25) is 4.79 Å². The van der Waals surface area contributed by atoms with Crippen LogP contribution in [0.3, 0.4) is 0 Å². The fourth-order valence-corrected chi connectivity index (χ4v) is 5.25. The van der Waals surface area contributed by atoms with Gasteiger partial charge in [0.2, 0.25) is 5.79 Å². The molecule has 7 atom stereocenters. The zero-order valence-electron chi connectivity index (χ0n) is 12.3. The summed E-state index contributed by atoms with van der Waals surface area (Å²) in [5, 5.41) is 10.1. The van der Waals surface area contributed by atoms with Gasteiger partial charge < -0.3 is 19.3 Å². The Morgan fingerprint density at radius 2 is 2.05 bits per heavy atom. The molecule has 3 heterocycles. The van der Waals surface area contributed by atoms with Crippen molar-refractivity contribution < 1.29 is 24.1 Å². The molecule has 22 heavy (non-hydrogen) atoms. The van der Waals surface area contributed by atoms with Gasteiger partial charge in [0.1, 0.15) is 0 Å². The van der Waals surface area contributed by atoms with E-state index in [1.54, 1.807) is 0 Å². The molecule has 1 saturated carbocycles. The predicted octanol–water partition coefficient (Wildman–Crippen LogP) is 1.45. The fraction of sp³-hybridized carbons (Fsp3) is 0.588. The zero-order chi connectivity index (χ0) is 15.1. The Morgan fingerprint density at radius 3 is 2.82 bits per heavy atom. The van der Waals surface area contributed by atoms with Crippen LogP contribution in [0.5, 0.6) is 0 Å². The molecule has 3 saturated heterocycles. The van der Waals surface area contributed by atoms with E-state index in [0.29, 0.717) is 12.8 Å². The van der Waals surface area contributed by atoms with Crippen LogP contribution in [0.25, 0.3) is 0 Å². The lowest BCUT2D eigenvalue weighted by Gasteiger charge is -2.31. The van der Waals surface area contributed by atoms with E-state index in [4.69, 9.17) is 14.2 Å². The normalized spacial score (nSPS) is 51.2. The molecule has 0 radical (unpaired) electrons. The lowest BCUT2D eigenvalue weighted by atomic mass is 9.80. The minimum Gasteiger partial charge on any atom is -0.432 e. The molecule has 0 amide bonds. The molecule has 0 bridgehead atoms. The first-order valence-corrected chi connectivity index (χ1v) is 7.85. The molecule has 116 valence electrons. The summed E-state index contributed by atoms with van der Waals surface area (Å²) < 4.78 is 17.6. The van der Waals surface area contributed by atoms with Gasteiger partial charge in [-0.1, -0.05) is 30.3 Å². The minimum atomic E-state index is -0.947. The maximum absolute atomic E-state index is 12.3. The molecule has 4 fully saturated rings. The summed E-state index contributed by atoms with van der Waals surface area (Å²) in [5.41, 5.74) is 1.07. The summed E-state index contributed by atoms with van der Waals surface area (Å²) in [6.07, 6.45) is 0.312. The van der Waals surface area contributed by atoms with Gasteiger partial charge in [0.15, 0.2) is 12.1 Å². The van der Waals surface area contributed by atoms with Crippen LogP contribution in [0.4, 0.5) is 0 Å². The van der Waals surface area contributed by atoms with Gasteiger partial charge in [-0.15, -0.1) is 0 Å². The first kappa shape index (κ1) is 13.0. The van der Waals surface area contributed by atoms with Crippen molar-refractivity contribution in [3.8, 4) is 0 Å². The van der Waals surface area contributed by atoms with E-state index in [0.717, 1.165) is 5.56 Å². The predicted molar refractivity (Wildman–Crippen MR) is 74.1 cm³/mol. The van der Waals surface area contributed by atoms with Crippen LogP contribution in [0.1, 0.15) is 18.9 Å². The largest absolute Gasteiger partial charge is 0.432 e. The highest BCUT2D eigenvalue weighted by Gasteiger charge is 2.78. The van der Waals surface area contributed by atoms with Crippen LogP contribution in [0, 0.1) is 23.7 Å². The monoisotopic (exact) mass is 302 g/mol. The highest BCUT2D eigenvalue weighted by molar-refractivity contribution is 5.77. The van der Waals surface area contributed by atoms with Crippen molar-refractivity contribution in [1.82, 2.24) is 0 Å². The van der Waals surface area contributed by atoms with Crippen LogP contribution >= 0.6 is 0 Å². The van der Waals surface area contributed by atoms with Crippen LogP contribution in [0.2, 0.25) is 0 Å². The number of hydrogen-bond acceptors (Lipinski definition) is 5. The fourth-order valence-electron chi connectivity index (χ4n) is 5.25. The number of esters is 1. The van der Waals surface area contributed by atoms with Gasteiger partial charge in [-0.05, 0) is 18.9 Å². The number of carbonyl (C=O) groups excluding carboxylic acids is 1. The highest BCUT2D eigenvalue weighted by atomic mass is 16.8. The van der Waals surface area contributed by atoms with Crippen molar-refractivity contribution in [2.75, 3.05) is 0 Å². The molecule has 0 aromatic heterocycles. The standard InChI is InChI=1S/C17H18O5/c1-16-12-10(14(18)20-16)7-11-13(12)17(22-16,21-15(11)19)8-9-5-3-2-4-6-9/h2-6,10-14,18H,7-8H2,1H3/t10-,11+,12-,13+,14-,16+,17-/m1/s1. The van der Waals surface area contributed by atoms with Crippen LogP contribution in [0.15, 0.2) is 30.3 Å². The van der Waals surface area contributed by atoms with Crippen LogP contribution in [-0.4, -0.2) is 28.9 Å². The van der Waals surface area contributed by atoms with Gasteiger partial charge in [-0.25, -0.2) is 0 Å². The van der Waals surface area contributed by atoms with Gasteiger partial charge in [-0.2, -0.15) is 0 Å². The summed E-state index contributed by atoms with van der Waals surface area (Å²) in [7, 11) is 0. The molecule has 0 unspecified atom stereocenters. The quantitative estimate of drug-likeness (QED) is 0.838. The SMILES string of the molecule is C[C@]12O[C@@H](O)[C@@H]3C[C@@H]4C(=O)O[C@](Cc5ccccc5)(O1)[C@@H]4[C@@H]32. The third-order valence-corrected chi connectivity index (χ3v) is 5.89. The van der Waals surface area contributed by atoms with Crippen molar-refractivity contribution >= 4 is 5.97 Å². The van der Waals surface area contributed by atoms with E-state index < -0.39 is 17.9 Å². The second kappa shape index (κ2) is 3.91. The van der Waals surface area contributed by atoms with Crippen molar-refractivity contribution in [1.29, 1.82) is 0 Å². The second-order valence-corrected chi connectivity index (χ2v) is 7.08.